The lowest BCUT2D eigenvalue weighted by Crippen LogP contribution is -2.38. The molecule has 1 aromatic carbocycles. The second-order valence-corrected chi connectivity index (χ2v) is 5.79. The average Bonchev–Trinajstić information content (AvgIpc) is 2.43. The van der Waals surface area contributed by atoms with Crippen LogP contribution in [0, 0.1) is 12.8 Å². The van der Waals surface area contributed by atoms with Gasteiger partial charge in [-0.1, -0.05) is 31.2 Å². The van der Waals surface area contributed by atoms with Crippen LogP contribution in [-0.2, 0) is 0 Å². The highest BCUT2D eigenvalue weighted by molar-refractivity contribution is 5.32. The standard InChI is InChI=1S/C15H23N/c1-11-8-6-7-9-13(11)14-10-16(5)15(3,4)12(14)2/h6-9,12,14H,10H2,1-5H3. The van der Waals surface area contributed by atoms with E-state index in [-0.39, 0.29) is 0 Å². The minimum absolute atomic E-state index is 0.312. The second kappa shape index (κ2) is 3.89. The van der Waals surface area contributed by atoms with E-state index in [0.717, 1.165) is 0 Å². The Balaban J connectivity index is 2.35. The fraction of sp³-hybridized carbons (Fsp3) is 0.600. The van der Waals surface area contributed by atoms with Crippen molar-refractivity contribution in [2.75, 3.05) is 13.6 Å². The predicted octanol–water partition coefficient (Wildman–Crippen LogP) is 3.44. The summed E-state index contributed by atoms with van der Waals surface area (Å²) in [5.41, 5.74) is 3.28. The van der Waals surface area contributed by atoms with E-state index in [4.69, 9.17) is 0 Å². The molecule has 0 aromatic heterocycles. The molecule has 1 nitrogen and oxygen atoms in total. The molecule has 2 unspecified atom stereocenters. The molecular weight excluding hydrogens is 194 g/mol. The zero-order valence-electron chi connectivity index (χ0n) is 11.1. The number of benzene rings is 1. The molecule has 0 aliphatic carbocycles. The number of nitrogens with zero attached hydrogens (tertiary/aromatic N) is 1. The summed E-state index contributed by atoms with van der Waals surface area (Å²) >= 11 is 0. The van der Waals surface area contributed by atoms with Crippen LogP contribution >= 0.6 is 0 Å². The van der Waals surface area contributed by atoms with Crippen LogP contribution < -0.4 is 0 Å². The van der Waals surface area contributed by atoms with Crippen LogP contribution in [0.4, 0.5) is 0 Å². The minimum atomic E-state index is 0.312. The average molecular weight is 217 g/mol. The van der Waals surface area contributed by atoms with Crippen molar-refractivity contribution in [3.05, 3.63) is 35.4 Å². The number of likely N-dealkylation sites (tertiary alicyclic amines) is 1. The Morgan fingerprint density at radius 2 is 1.88 bits per heavy atom. The number of rotatable bonds is 1. The quantitative estimate of drug-likeness (QED) is 0.696. The molecule has 1 saturated heterocycles. The van der Waals surface area contributed by atoms with Crippen LogP contribution in [-0.4, -0.2) is 24.0 Å². The highest BCUT2D eigenvalue weighted by Gasteiger charge is 2.43. The molecule has 1 aromatic rings. The normalized spacial score (nSPS) is 29.6. The predicted molar refractivity (Wildman–Crippen MR) is 69.8 cm³/mol. The van der Waals surface area contributed by atoms with Gasteiger partial charge in [0.25, 0.3) is 0 Å². The fourth-order valence-corrected chi connectivity index (χ4v) is 2.90. The Morgan fingerprint density at radius 1 is 1.25 bits per heavy atom. The van der Waals surface area contributed by atoms with Gasteiger partial charge >= 0.3 is 0 Å². The molecule has 1 aliphatic rings. The molecule has 1 aliphatic heterocycles. The number of hydrogen-bond donors (Lipinski definition) is 0. The lowest BCUT2D eigenvalue weighted by atomic mass is 9.79. The Morgan fingerprint density at radius 3 is 2.38 bits per heavy atom. The van der Waals surface area contributed by atoms with Gasteiger partial charge in [-0.15, -0.1) is 0 Å². The molecule has 1 fully saturated rings. The molecular formula is C15H23N. The number of aryl methyl sites for hydroxylation is 1. The van der Waals surface area contributed by atoms with Crippen LogP contribution in [0.5, 0.6) is 0 Å². The SMILES string of the molecule is Cc1ccccc1C1CN(C)C(C)(C)C1C. The van der Waals surface area contributed by atoms with Gasteiger partial charge in [0.15, 0.2) is 0 Å². The van der Waals surface area contributed by atoms with Gasteiger partial charge in [0, 0.05) is 18.0 Å². The summed E-state index contributed by atoms with van der Waals surface area (Å²) in [6.07, 6.45) is 0. The first-order valence-electron chi connectivity index (χ1n) is 6.21. The van der Waals surface area contributed by atoms with E-state index in [9.17, 15) is 0 Å². The molecule has 0 radical (unpaired) electrons. The van der Waals surface area contributed by atoms with Crippen molar-refractivity contribution >= 4 is 0 Å². The molecule has 0 amide bonds. The smallest absolute Gasteiger partial charge is 0.0182 e. The molecule has 0 saturated carbocycles. The molecule has 16 heavy (non-hydrogen) atoms. The van der Waals surface area contributed by atoms with Gasteiger partial charge in [-0.25, -0.2) is 0 Å². The first kappa shape index (κ1) is 11.7. The van der Waals surface area contributed by atoms with Gasteiger partial charge < -0.3 is 4.90 Å². The lowest BCUT2D eigenvalue weighted by molar-refractivity contribution is 0.180. The molecule has 0 spiro atoms. The first-order valence-corrected chi connectivity index (χ1v) is 6.21. The summed E-state index contributed by atoms with van der Waals surface area (Å²) in [6.45, 7) is 10.5. The Labute approximate surface area is 99.5 Å². The zero-order chi connectivity index (χ0) is 11.9. The van der Waals surface area contributed by atoms with E-state index in [1.54, 1.807) is 0 Å². The van der Waals surface area contributed by atoms with E-state index in [2.05, 4.69) is 63.9 Å². The van der Waals surface area contributed by atoms with Crippen molar-refractivity contribution in [3.63, 3.8) is 0 Å². The maximum absolute atomic E-state index is 2.49. The van der Waals surface area contributed by atoms with Crippen molar-refractivity contribution < 1.29 is 0 Å². The third-order valence-corrected chi connectivity index (χ3v) is 4.76. The van der Waals surface area contributed by atoms with Gasteiger partial charge in [-0.05, 0) is 44.9 Å². The van der Waals surface area contributed by atoms with Gasteiger partial charge in [-0.3, -0.25) is 0 Å². The molecule has 2 atom stereocenters. The van der Waals surface area contributed by atoms with Crippen LogP contribution in [0.25, 0.3) is 0 Å². The fourth-order valence-electron chi connectivity index (χ4n) is 2.90. The summed E-state index contributed by atoms with van der Waals surface area (Å²) in [4.78, 5) is 2.49. The minimum Gasteiger partial charge on any atom is -0.300 e. The number of likely N-dealkylation sites (N-methyl/N-ethyl adjacent to an activating group) is 1. The van der Waals surface area contributed by atoms with E-state index in [1.807, 2.05) is 0 Å². The molecule has 1 heteroatoms. The summed E-state index contributed by atoms with van der Waals surface area (Å²) in [6, 6.07) is 8.83. The maximum atomic E-state index is 2.49. The first-order chi connectivity index (χ1) is 7.44. The van der Waals surface area contributed by atoms with Crippen LogP contribution in [0.1, 0.15) is 37.8 Å². The Bertz CT molecular complexity index is 381. The lowest BCUT2D eigenvalue weighted by Gasteiger charge is -2.32. The molecule has 0 bridgehead atoms. The Kier molecular flexibility index (Phi) is 2.83. The van der Waals surface area contributed by atoms with Crippen molar-refractivity contribution in [3.8, 4) is 0 Å². The highest BCUT2D eigenvalue weighted by atomic mass is 15.2. The maximum Gasteiger partial charge on any atom is 0.0182 e. The van der Waals surface area contributed by atoms with Gasteiger partial charge in [-0.2, -0.15) is 0 Å². The van der Waals surface area contributed by atoms with Crippen LogP contribution in [0.2, 0.25) is 0 Å². The summed E-state index contributed by atoms with van der Waals surface area (Å²) in [5, 5.41) is 0. The molecule has 1 heterocycles. The van der Waals surface area contributed by atoms with Crippen LogP contribution in [0.3, 0.4) is 0 Å². The molecule has 0 N–H and O–H groups in total. The number of hydrogen-bond acceptors (Lipinski definition) is 1. The van der Waals surface area contributed by atoms with E-state index in [0.29, 0.717) is 17.4 Å². The second-order valence-electron chi connectivity index (χ2n) is 5.79. The van der Waals surface area contributed by atoms with E-state index >= 15 is 0 Å². The van der Waals surface area contributed by atoms with Crippen molar-refractivity contribution in [2.24, 2.45) is 5.92 Å². The van der Waals surface area contributed by atoms with E-state index in [1.165, 1.54) is 17.7 Å². The van der Waals surface area contributed by atoms with E-state index < -0.39 is 0 Å². The van der Waals surface area contributed by atoms with Gasteiger partial charge in [0.2, 0.25) is 0 Å². The topological polar surface area (TPSA) is 3.24 Å². The highest BCUT2D eigenvalue weighted by Crippen LogP contribution is 2.43. The summed E-state index contributed by atoms with van der Waals surface area (Å²) in [7, 11) is 2.24. The summed E-state index contributed by atoms with van der Waals surface area (Å²) < 4.78 is 0. The van der Waals surface area contributed by atoms with Crippen molar-refractivity contribution in [2.45, 2.75) is 39.2 Å². The monoisotopic (exact) mass is 217 g/mol. The van der Waals surface area contributed by atoms with Gasteiger partial charge in [0.1, 0.15) is 0 Å². The molecule has 2 rings (SSSR count). The van der Waals surface area contributed by atoms with Gasteiger partial charge in [0.05, 0.1) is 0 Å². The van der Waals surface area contributed by atoms with Crippen molar-refractivity contribution in [1.29, 1.82) is 0 Å². The van der Waals surface area contributed by atoms with Crippen LogP contribution in [0.15, 0.2) is 24.3 Å². The van der Waals surface area contributed by atoms with Crippen molar-refractivity contribution in [1.82, 2.24) is 4.90 Å². The Hall–Kier alpha value is -0.820. The third kappa shape index (κ3) is 1.67. The summed E-state index contributed by atoms with van der Waals surface area (Å²) in [5.74, 6) is 1.39. The third-order valence-electron chi connectivity index (χ3n) is 4.76. The molecule has 88 valence electrons. The zero-order valence-corrected chi connectivity index (χ0v) is 11.1. The largest absolute Gasteiger partial charge is 0.300 e.